The molecule has 0 aromatic heterocycles. The van der Waals surface area contributed by atoms with E-state index in [1.54, 1.807) is 0 Å². The molecule has 0 bridgehead atoms. The van der Waals surface area contributed by atoms with Crippen LogP contribution in [0.15, 0.2) is 0 Å². The lowest BCUT2D eigenvalue weighted by Crippen LogP contribution is -2.33. The molecule has 2 N–H and O–H groups in total. The van der Waals surface area contributed by atoms with Crippen LogP contribution < -0.4 is 10.6 Å². The maximum atomic E-state index is 11.6. The fourth-order valence-electron chi connectivity index (χ4n) is 2.75. The molecule has 0 rings (SSSR count). The van der Waals surface area contributed by atoms with Gasteiger partial charge in [0.15, 0.2) is 0 Å². The number of amides is 2. The highest BCUT2D eigenvalue weighted by Gasteiger charge is 2.22. The van der Waals surface area contributed by atoms with Gasteiger partial charge in [-0.2, -0.15) is 0 Å². The topological polar surface area (TPSA) is 76.7 Å². The van der Waals surface area contributed by atoms with Crippen LogP contribution in [0, 0.1) is 10.8 Å². The molecule has 0 unspecified atom stereocenters. The van der Waals surface area contributed by atoms with Gasteiger partial charge in [0, 0.05) is 26.1 Å². The van der Waals surface area contributed by atoms with E-state index in [4.69, 9.17) is 9.47 Å². The van der Waals surface area contributed by atoms with Gasteiger partial charge >= 0.3 is 0 Å². The summed E-state index contributed by atoms with van der Waals surface area (Å²) in [6, 6.07) is 0. The molecular formula is C22H44N2O4. The second-order valence-corrected chi connectivity index (χ2v) is 9.12. The number of hydrogen-bond acceptors (Lipinski definition) is 4. The standard InChI is InChI=1S/C22H44N2O4/c1-7-9-11-19(25)23-14-10-12-21(3,4)17-28-18-22(5,6)13-15-24-20(26)16-27-8-2/h7-18H2,1-6H3,(H,23,25)(H,24,26). The van der Waals surface area contributed by atoms with E-state index in [-0.39, 0.29) is 29.3 Å². The Hall–Kier alpha value is -1.14. The first-order valence-electron chi connectivity index (χ1n) is 10.8. The van der Waals surface area contributed by atoms with Gasteiger partial charge in [-0.15, -0.1) is 0 Å². The minimum Gasteiger partial charge on any atom is -0.380 e. The molecule has 0 aromatic rings. The molecule has 0 aliphatic rings. The SMILES string of the molecule is CCCCC(=O)NCCCC(C)(C)COCC(C)(C)CCNC(=O)COCC. The maximum absolute atomic E-state index is 11.6. The zero-order chi connectivity index (χ0) is 21.5. The smallest absolute Gasteiger partial charge is 0.245 e. The Kier molecular flexibility index (Phi) is 14.2. The highest BCUT2D eigenvalue weighted by atomic mass is 16.5. The van der Waals surface area contributed by atoms with Crippen molar-refractivity contribution in [3.05, 3.63) is 0 Å². The minimum absolute atomic E-state index is 0.00221. The zero-order valence-electron chi connectivity index (χ0n) is 19.1. The molecule has 0 aromatic carbocycles. The van der Waals surface area contributed by atoms with Gasteiger partial charge < -0.3 is 20.1 Å². The van der Waals surface area contributed by atoms with Gasteiger partial charge in [0.05, 0.1) is 13.2 Å². The number of hydrogen-bond donors (Lipinski definition) is 2. The average molecular weight is 401 g/mol. The molecule has 0 saturated heterocycles. The number of nitrogens with one attached hydrogen (secondary N) is 2. The van der Waals surface area contributed by atoms with Crippen LogP contribution in [0.2, 0.25) is 0 Å². The number of ether oxygens (including phenoxy) is 2. The predicted octanol–water partition coefficient (Wildman–Crippen LogP) is 3.68. The van der Waals surface area contributed by atoms with Crippen LogP contribution in [0.4, 0.5) is 0 Å². The van der Waals surface area contributed by atoms with Gasteiger partial charge in [-0.3, -0.25) is 9.59 Å². The maximum Gasteiger partial charge on any atom is 0.245 e. The molecular weight excluding hydrogens is 356 g/mol. The molecule has 0 fully saturated rings. The first-order valence-corrected chi connectivity index (χ1v) is 10.8. The molecule has 166 valence electrons. The van der Waals surface area contributed by atoms with Crippen LogP contribution in [0.25, 0.3) is 0 Å². The molecule has 2 amide bonds. The van der Waals surface area contributed by atoms with Gasteiger partial charge in [0.2, 0.25) is 11.8 Å². The fourth-order valence-corrected chi connectivity index (χ4v) is 2.75. The summed E-state index contributed by atoms with van der Waals surface area (Å²) in [5.41, 5.74) is 0.0815. The Balaban J connectivity index is 3.91. The van der Waals surface area contributed by atoms with E-state index in [0.717, 1.165) is 38.6 Å². The second-order valence-electron chi connectivity index (χ2n) is 9.12. The molecule has 0 saturated carbocycles. The third-order valence-corrected chi connectivity index (χ3v) is 4.66. The summed E-state index contributed by atoms with van der Waals surface area (Å²) in [5, 5.41) is 5.87. The van der Waals surface area contributed by atoms with Crippen molar-refractivity contribution in [1.29, 1.82) is 0 Å². The van der Waals surface area contributed by atoms with Crippen molar-refractivity contribution < 1.29 is 19.1 Å². The Morgan fingerprint density at radius 1 is 0.786 bits per heavy atom. The minimum atomic E-state index is -0.0681. The van der Waals surface area contributed by atoms with Crippen LogP contribution in [-0.2, 0) is 19.1 Å². The van der Waals surface area contributed by atoms with Gasteiger partial charge in [-0.1, -0.05) is 41.0 Å². The molecule has 0 aliphatic carbocycles. The number of carbonyl (C=O) groups excluding carboxylic acids is 2. The summed E-state index contributed by atoms with van der Waals surface area (Å²) in [5.74, 6) is 0.0903. The van der Waals surface area contributed by atoms with Crippen LogP contribution in [0.5, 0.6) is 0 Å². The second kappa shape index (κ2) is 14.8. The van der Waals surface area contributed by atoms with Crippen molar-refractivity contribution in [3.63, 3.8) is 0 Å². The van der Waals surface area contributed by atoms with Gasteiger partial charge in [-0.25, -0.2) is 0 Å². The highest BCUT2D eigenvalue weighted by Crippen LogP contribution is 2.25. The monoisotopic (exact) mass is 400 g/mol. The lowest BCUT2D eigenvalue weighted by Gasteiger charge is -2.29. The number of carbonyl (C=O) groups is 2. The predicted molar refractivity (Wildman–Crippen MR) is 114 cm³/mol. The Morgan fingerprint density at radius 2 is 1.39 bits per heavy atom. The van der Waals surface area contributed by atoms with E-state index in [1.165, 1.54) is 0 Å². The van der Waals surface area contributed by atoms with Crippen LogP contribution in [0.3, 0.4) is 0 Å². The van der Waals surface area contributed by atoms with Crippen LogP contribution in [-0.4, -0.2) is 51.3 Å². The Labute approximate surface area is 172 Å². The van der Waals surface area contributed by atoms with Gasteiger partial charge in [0.1, 0.15) is 6.61 Å². The quantitative estimate of drug-likeness (QED) is 0.365. The van der Waals surface area contributed by atoms with E-state index in [9.17, 15) is 9.59 Å². The lowest BCUT2D eigenvalue weighted by atomic mass is 9.88. The first-order chi connectivity index (χ1) is 13.1. The summed E-state index contributed by atoms with van der Waals surface area (Å²) >= 11 is 0. The van der Waals surface area contributed by atoms with Crippen LogP contribution in [0.1, 0.15) is 80.1 Å². The van der Waals surface area contributed by atoms with Crippen molar-refractivity contribution in [3.8, 4) is 0 Å². The molecule has 6 nitrogen and oxygen atoms in total. The summed E-state index contributed by atoms with van der Waals surface area (Å²) < 4.78 is 11.1. The van der Waals surface area contributed by atoms with Crippen molar-refractivity contribution in [2.75, 3.05) is 39.5 Å². The lowest BCUT2D eigenvalue weighted by molar-refractivity contribution is -0.125. The Bertz CT molecular complexity index is 436. The Morgan fingerprint density at radius 3 is 2.00 bits per heavy atom. The van der Waals surface area contributed by atoms with E-state index >= 15 is 0 Å². The zero-order valence-corrected chi connectivity index (χ0v) is 19.1. The fraction of sp³-hybridized carbons (Fsp3) is 0.909. The van der Waals surface area contributed by atoms with E-state index in [2.05, 4.69) is 45.3 Å². The molecule has 28 heavy (non-hydrogen) atoms. The molecule has 0 aliphatic heterocycles. The molecule has 6 heteroatoms. The molecule has 0 atom stereocenters. The first kappa shape index (κ1) is 26.9. The van der Waals surface area contributed by atoms with Crippen LogP contribution >= 0.6 is 0 Å². The van der Waals surface area contributed by atoms with E-state index < -0.39 is 0 Å². The summed E-state index contributed by atoms with van der Waals surface area (Å²) in [6.45, 7) is 16.1. The van der Waals surface area contributed by atoms with Crippen molar-refractivity contribution >= 4 is 11.8 Å². The summed E-state index contributed by atoms with van der Waals surface area (Å²) in [7, 11) is 0. The van der Waals surface area contributed by atoms with Crippen molar-refractivity contribution in [2.24, 2.45) is 10.8 Å². The van der Waals surface area contributed by atoms with Gasteiger partial charge in [0.25, 0.3) is 0 Å². The summed E-state index contributed by atoms with van der Waals surface area (Å²) in [4.78, 5) is 23.2. The average Bonchev–Trinajstić information content (AvgIpc) is 2.61. The molecule has 0 spiro atoms. The number of rotatable bonds is 17. The van der Waals surface area contributed by atoms with Crippen molar-refractivity contribution in [1.82, 2.24) is 10.6 Å². The third-order valence-electron chi connectivity index (χ3n) is 4.66. The largest absolute Gasteiger partial charge is 0.380 e. The highest BCUT2D eigenvalue weighted by molar-refractivity contribution is 5.77. The molecule has 0 radical (unpaired) electrons. The van der Waals surface area contributed by atoms with E-state index in [1.807, 2.05) is 6.92 Å². The number of unbranched alkanes of at least 4 members (excludes halogenated alkanes) is 1. The van der Waals surface area contributed by atoms with Crippen molar-refractivity contribution in [2.45, 2.75) is 80.1 Å². The normalized spacial score (nSPS) is 12.1. The molecule has 0 heterocycles. The summed E-state index contributed by atoms with van der Waals surface area (Å²) in [6.07, 6.45) is 5.46. The van der Waals surface area contributed by atoms with E-state index in [0.29, 0.717) is 32.8 Å². The third kappa shape index (κ3) is 15.9. The van der Waals surface area contributed by atoms with Gasteiger partial charge in [-0.05, 0) is 43.4 Å².